The van der Waals surface area contributed by atoms with Gasteiger partial charge in [0.05, 0.1) is 17.2 Å². The highest BCUT2D eigenvalue weighted by molar-refractivity contribution is 7.20. The number of hydrogen-bond donors (Lipinski definition) is 2. The van der Waals surface area contributed by atoms with Crippen LogP contribution in [0.3, 0.4) is 0 Å². The van der Waals surface area contributed by atoms with E-state index >= 15 is 0 Å². The van der Waals surface area contributed by atoms with Gasteiger partial charge in [-0.3, -0.25) is 4.79 Å². The van der Waals surface area contributed by atoms with Crippen molar-refractivity contribution in [2.45, 2.75) is 19.4 Å². The minimum Gasteiger partial charge on any atom is -0.493 e. The molecule has 0 saturated heterocycles. The Bertz CT molecular complexity index is 1050. The molecule has 8 nitrogen and oxygen atoms in total. The Kier molecular flexibility index (Phi) is 4.44. The van der Waals surface area contributed by atoms with Gasteiger partial charge in [-0.05, 0) is 36.2 Å². The van der Waals surface area contributed by atoms with E-state index in [9.17, 15) is 9.70 Å². The molecule has 0 bridgehead atoms. The fourth-order valence-corrected chi connectivity index (χ4v) is 4.14. The fourth-order valence-electron chi connectivity index (χ4n) is 3.17. The summed E-state index contributed by atoms with van der Waals surface area (Å²) in [5.74, 6) is 0.667. The molecule has 0 radical (unpaired) electrons. The SMILES string of the molecule is CCNC(=O)c1cc2c(C(N=O)c3ccc4c(c3)CCO4)nc(N)nc2s1. The lowest BCUT2D eigenvalue weighted by Gasteiger charge is -2.12. The molecule has 1 atom stereocenters. The van der Waals surface area contributed by atoms with Crippen LogP contribution in [0.15, 0.2) is 29.4 Å². The van der Waals surface area contributed by atoms with Crippen LogP contribution < -0.4 is 15.8 Å². The third kappa shape index (κ3) is 3.10. The number of anilines is 1. The van der Waals surface area contributed by atoms with Crippen LogP contribution in [0.1, 0.15) is 39.5 Å². The summed E-state index contributed by atoms with van der Waals surface area (Å²) in [6.45, 7) is 2.99. The van der Waals surface area contributed by atoms with Gasteiger partial charge in [0.1, 0.15) is 10.6 Å². The number of fused-ring (bicyclic) bond motifs is 2. The van der Waals surface area contributed by atoms with Gasteiger partial charge in [0, 0.05) is 18.4 Å². The molecule has 138 valence electrons. The summed E-state index contributed by atoms with van der Waals surface area (Å²) < 4.78 is 5.52. The monoisotopic (exact) mass is 383 g/mol. The number of rotatable bonds is 5. The maximum atomic E-state index is 12.2. The van der Waals surface area contributed by atoms with E-state index in [1.54, 1.807) is 12.1 Å². The molecule has 1 aliphatic heterocycles. The average molecular weight is 383 g/mol. The summed E-state index contributed by atoms with van der Waals surface area (Å²) in [6, 6.07) is 6.40. The number of ether oxygens (including phenoxy) is 1. The number of nitrogen functional groups attached to an aromatic ring is 1. The number of hydrogen-bond acceptors (Lipinski definition) is 8. The molecular formula is C18H17N5O3S. The summed E-state index contributed by atoms with van der Waals surface area (Å²) in [5.41, 5.74) is 7.99. The zero-order chi connectivity index (χ0) is 19.0. The molecule has 9 heteroatoms. The Morgan fingerprint density at radius 2 is 2.26 bits per heavy atom. The van der Waals surface area contributed by atoms with Crippen molar-refractivity contribution in [1.82, 2.24) is 15.3 Å². The second-order valence-electron chi connectivity index (χ2n) is 6.13. The fraction of sp³-hybridized carbons (Fsp3) is 0.278. The van der Waals surface area contributed by atoms with E-state index in [-0.39, 0.29) is 11.9 Å². The third-order valence-electron chi connectivity index (χ3n) is 4.39. The number of benzene rings is 1. The van der Waals surface area contributed by atoms with Crippen LogP contribution in [0, 0.1) is 4.91 Å². The van der Waals surface area contributed by atoms with E-state index < -0.39 is 6.04 Å². The molecule has 0 aliphatic carbocycles. The number of carbonyl (C=O) groups excluding carboxylic acids is 1. The number of nitrogens with two attached hydrogens (primary N) is 1. The second kappa shape index (κ2) is 6.92. The molecule has 0 saturated carbocycles. The van der Waals surface area contributed by atoms with Crippen molar-refractivity contribution in [3.63, 3.8) is 0 Å². The van der Waals surface area contributed by atoms with Crippen molar-refractivity contribution in [2.24, 2.45) is 5.18 Å². The van der Waals surface area contributed by atoms with Crippen LogP contribution in [0.25, 0.3) is 10.2 Å². The predicted molar refractivity (Wildman–Crippen MR) is 103 cm³/mol. The summed E-state index contributed by atoms with van der Waals surface area (Å²) >= 11 is 1.21. The van der Waals surface area contributed by atoms with Gasteiger partial charge in [0.15, 0.2) is 6.04 Å². The van der Waals surface area contributed by atoms with E-state index in [2.05, 4.69) is 20.5 Å². The van der Waals surface area contributed by atoms with Gasteiger partial charge in [-0.1, -0.05) is 11.2 Å². The van der Waals surface area contributed by atoms with Crippen LogP contribution in [0.5, 0.6) is 5.75 Å². The lowest BCUT2D eigenvalue weighted by molar-refractivity contribution is 0.0960. The topological polar surface area (TPSA) is 120 Å². The molecule has 27 heavy (non-hydrogen) atoms. The Hall–Kier alpha value is -3.07. The first-order valence-corrected chi connectivity index (χ1v) is 9.35. The number of carbonyl (C=O) groups is 1. The number of nitrogens with one attached hydrogen (secondary N) is 1. The molecule has 1 aliphatic rings. The minimum atomic E-state index is -0.847. The normalized spacial score (nSPS) is 13.8. The minimum absolute atomic E-state index is 0.0416. The molecule has 3 N–H and O–H groups in total. The maximum absolute atomic E-state index is 12.2. The number of nitroso groups, excluding NO2 is 1. The first kappa shape index (κ1) is 17.3. The number of thiophene rings is 1. The molecule has 3 heterocycles. The zero-order valence-corrected chi connectivity index (χ0v) is 15.4. The van der Waals surface area contributed by atoms with Crippen LogP contribution in [0.4, 0.5) is 5.95 Å². The summed E-state index contributed by atoms with van der Waals surface area (Å²) in [4.78, 5) is 33.4. The molecule has 1 aromatic carbocycles. The number of nitrogens with zero attached hydrogens (tertiary/aromatic N) is 3. The highest BCUT2D eigenvalue weighted by atomic mass is 32.1. The van der Waals surface area contributed by atoms with Gasteiger partial charge < -0.3 is 15.8 Å². The van der Waals surface area contributed by atoms with Gasteiger partial charge in [-0.25, -0.2) is 9.97 Å². The number of amides is 1. The van der Waals surface area contributed by atoms with Crippen LogP contribution in [0.2, 0.25) is 0 Å². The van der Waals surface area contributed by atoms with E-state index in [0.717, 1.165) is 17.7 Å². The van der Waals surface area contributed by atoms with Gasteiger partial charge in [-0.15, -0.1) is 16.2 Å². The lowest BCUT2D eigenvalue weighted by atomic mass is 9.99. The zero-order valence-electron chi connectivity index (χ0n) is 14.6. The highest BCUT2D eigenvalue weighted by Gasteiger charge is 2.25. The Morgan fingerprint density at radius 1 is 1.41 bits per heavy atom. The van der Waals surface area contributed by atoms with Crippen molar-refractivity contribution < 1.29 is 9.53 Å². The molecule has 0 spiro atoms. The van der Waals surface area contributed by atoms with Crippen LogP contribution >= 0.6 is 11.3 Å². The van der Waals surface area contributed by atoms with Crippen LogP contribution in [-0.4, -0.2) is 29.0 Å². The summed E-state index contributed by atoms with van der Waals surface area (Å²) in [5, 5.41) is 6.66. The molecule has 3 aromatic rings. The molecule has 1 amide bonds. The molecule has 1 unspecified atom stereocenters. The predicted octanol–water partition coefficient (Wildman–Crippen LogP) is 2.81. The molecule has 4 rings (SSSR count). The van der Waals surface area contributed by atoms with Gasteiger partial charge in [-0.2, -0.15) is 0 Å². The van der Waals surface area contributed by atoms with E-state index in [4.69, 9.17) is 10.5 Å². The van der Waals surface area contributed by atoms with Gasteiger partial charge in [0.2, 0.25) is 5.95 Å². The van der Waals surface area contributed by atoms with Crippen molar-refractivity contribution in [3.8, 4) is 5.75 Å². The smallest absolute Gasteiger partial charge is 0.261 e. The third-order valence-corrected chi connectivity index (χ3v) is 5.42. The average Bonchev–Trinajstić information content (AvgIpc) is 3.28. The Balaban J connectivity index is 1.83. The Morgan fingerprint density at radius 3 is 3.04 bits per heavy atom. The highest BCUT2D eigenvalue weighted by Crippen LogP contribution is 2.36. The number of aromatic nitrogens is 2. The standard InChI is InChI=1S/C18H17N5O3S/c1-2-20-16(24)13-8-11-15(21-18(19)22-17(11)27-13)14(23-25)10-3-4-12-9(7-10)5-6-26-12/h3-4,7-8,14H,2,5-6H2,1H3,(H,20,24)(H2,19,21,22). The van der Waals surface area contributed by atoms with Gasteiger partial charge >= 0.3 is 0 Å². The quantitative estimate of drug-likeness (QED) is 0.654. The van der Waals surface area contributed by atoms with Crippen LogP contribution in [-0.2, 0) is 6.42 Å². The first-order valence-electron chi connectivity index (χ1n) is 8.54. The van der Waals surface area contributed by atoms with Crippen molar-refractivity contribution in [2.75, 3.05) is 18.9 Å². The van der Waals surface area contributed by atoms with Crippen molar-refractivity contribution >= 4 is 33.4 Å². The lowest BCUT2D eigenvalue weighted by Crippen LogP contribution is -2.21. The summed E-state index contributed by atoms with van der Waals surface area (Å²) in [7, 11) is 0. The second-order valence-corrected chi connectivity index (χ2v) is 7.16. The van der Waals surface area contributed by atoms with Crippen molar-refractivity contribution in [1.29, 1.82) is 0 Å². The molecule has 0 fully saturated rings. The molecular weight excluding hydrogens is 366 g/mol. The van der Waals surface area contributed by atoms with E-state index in [1.165, 1.54) is 11.3 Å². The van der Waals surface area contributed by atoms with Crippen molar-refractivity contribution in [3.05, 3.63) is 50.9 Å². The Labute approximate surface area is 158 Å². The van der Waals surface area contributed by atoms with Gasteiger partial charge in [0.25, 0.3) is 5.91 Å². The molecule has 2 aromatic heterocycles. The van der Waals surface area contributed by atoms with E-state index in [0.29, 0.717) is 39.5 Å². The first-order chi connectivity index (χ1) is 13.1. The largest absolute Gasteiger partial charge is 0.493 e. The maximum Gasteiger partial charge on any atom is 0.261 e. The van der Waals surface area contributed by atoms with E-state index in [1.807, 2.05) is 19.1 Å². The summed E-state index contributed by atoms with van der Waals surface area (Å²) in [6.07, 6.45) is 0.788.